The molecule has 7 nitrogen and oxygen atoms in total. The molecule has 0 aromatic carbocycles. The van der Waals surface area contributed by atoms with Gasteiger partial charge in [0.05, 0.1) is 18.9 Å². The number of imidazole rings is 2. The van der Waals surface area contributed by atoms with E-state index in [0.29, 0.717) is 17.7 Å². The summed E-state index contributed by atoms with van der Waals surface area (Å²) < 4.78 is 41.2. The lowest BCUT2D eigenvalue weighted by Crippen LogP contribution is -2.48. The third-order valence-corrected chi connectivity index (χ3v) is 4.89. The average Bonchev–Trinajstić information content (AvgIpc) is 3.27. The summed E-state index contributed by atoms with van der Waals surface area (Å²) in [4.78, 5) is 14.6. The van der Waals surface area contributed by atoms with Gasteiger partial charge in [-0.1, -0.05) is 6.92 Å². The van der Waals surface area contributed by atoms with Gasteiger partial charge in [-0.2, -0.15) is 13.2 Å². The van der Waals surface area contributed by atoms with Crippen LogP contribution in [0.1, 0.15) is 25.2 Å². The van der Waals surface area contributed by atoms with Crippen LogP contribution in [0.4, 0.5) is 13.2 Å². The van der Waals surface area contributed by atoms with Crippen molar-refractivity contribution in [2.45, 2.75) is 38.7 Å². The molecule has 2 atom stereocenters. The fraction of sp³-hybridized carbons (Fsp3) is 0.588. The number of aliphatic imine (C=N–C) groups is 1. The van der Waals surface area contributed by atoms with Gasteiger partial charge in [0.2, 0.25) is 0 Å². The van der Waals surface area contributed by atoms with Crippen LogP contribution in [0.25, 0.3) is 0 Å². The number of hydrogen-bond donors (Lipinski definition) is 1. The van der Waals surface area contributed by atoms with Crippen LogP contribution in [0, 0.1) is 5.92 Å². The highest BCUT2D eigenvalue weighted by atomic mass is 19.4. The molecule has 27 heavy (non-hydrogen) atoms. The van der Waals surface area contributed by atoms with E-state index in [1.54, 1.807) is 13.2 Å². The highest BCUT2D eigenvalue weighted by molar-refractivity contribution is 5.79. The molecule has 2 aromatic rings. The van der Waals surface area contributed by atoms with Crippen LogP contribution in [0.2, 0.25) is 0 Å². The summed E-state index contributed by atoms with van der Waals surface area (Å²) in [7, 11) is 1.68. The second kappa shape index (κ2) is 8.01. The molecule has 1 N–H and O–H groups in total. The number of piperidine rings is 1. The van der Waals surface area contributed by atoms with Crippen molar-refractivity contribution in [2.75, 3.05) is 20.1 Å². The Hall–Kier alpha value is -2.52. The van der Waals surface area contributed by atoms with Crippen LogP contribution in [0.5, 0.6) is 0 Å². The smallest absolute Gasteiger partial charge is 0.349 e. The van der Waals surface area contributed by atoms with E-state index in [1.807, 2.05) is 12.5 Å². The molecule has 0 amide bonds. The Kier molecular flexibility index (Phi) is 5.71. The topological polar surface area (TPSA) is 63.3 Å². The van der Waals surface area contributed by atoms with Crippen LogP contribution in [-0.4, -0.2) is 56.3 Å². The van der Waals surface area contributed by atoms with Crippen LogP contribution < -0.4 is 5.32 Å². The molecule has 0 radical (unpaired) electrons. The van der Waals surface area contributed by atoms with E-state index in [4.69, 9.17) is 0 Å². The maximum absolute atomic E-state index is 12.7. The van der Waals surface area contributed by atoms with Gasteiger partial charge in [0.1, 0.15) is 12.4 Å². The van der Waals surface area contributed by atoms with E-state index in [-0.39, 0.29) is 12.6 Å². The van der Waals surface area contributed by atoms with Crippen LogP contribution in [-0.2, 0) is 13.1 Å². The molecule has 3 rings (SSSR count). The molecular formula is C17H24F3N7. The number of nitrogens with zero attached hydrogens (tertiary/aromatic N) is 6. The van der Waals surface area contributed by atoms with Crippen molar-refractivity contribution in [3.8, 4) is 0 Å². The Morgan fingerprint density at radius 3 is 2.81 bits per heavy atom. The van der Waals surface area contributed by atoms with Gasteiger partial charge in [-0.05, 0) is 12.3 Å². The Labute approximate surface area is 155 Å². The monoisotopic (exact) mass is 383 g/mol. The predicted molar refractivity (Wildman–Crippen MR) is 95.1 cm³/mol. The number of aromatic nitrogens is 4. The van der Waals surface area contributed by atoms with Gasteiger partial charge >= 0.3 is 6.18 Å². The summed E-state index contributed by atoms with van der Waals surface area (Å²) in [6.07, 6.45) is 4.96. The van der Waals surface area contributed by atoms with Crippen LogP contribution in [0.15, 0.2) is 36.1 Å². The first-order valence-electron chi connectivity index (χ1n) is 8.87. The zero-order chi connectivity index (χ0) is 19.4. The second-order valence-corrected chi connectivity index (χ2v) is 6.78. The molecule has 1 saturated heterocycles. The Bertz CT molecular complexity index is 751. The second-order valence-electron chi connectivity index (χ2n) is 6.78. The molecule has 0 saturated carbocycles. The summed E-state index contributed by atoms with van der Waals surface area (Å²) >= 11 is 0. The molecular weight excluding hydrogens is 359 g/mol. The summed E-state index contributed by atoms with van der Waals surface area (Å²) in [6.45, 7) is 2.94. The molecule has 2 aromatic heterocycles. The van der Waals surface area contributed by atoms with Crippen molar-refractivity contribution in [1.82, 2.24) is 29.3 Å². The fourth-order valence-corrected chi connectivity index (χ4v) is 3.43. The number of hydrogen-bond acceptors (Lipinski definition) is 3. The number of likely N-dealkylation sites (tertiary alicyclic amines) is 1. The zero-order valence-electron chi connectivity index (χ0n) is 15.4. The minimum absolute atomic E-state index is 0.178. The van der Waals surface area contributed by atoms with Gasteiger partial charge in [0, 0.05) is 44.9 Å². The first-order chi connectivity index (χ1) is 12.9. The minimum atomic E-state index is -4.28. The van der Waals surface area contributed by atoms with Crippen molar-refractivity contribution >= 4 is 5.96 Å². The third-order valence-electron chi connectivity index (χ3n) is 4.89. The van der Waals surface area contributed by atoms with Crippen LogP contribution >= 0.6 is 0 Å². The van der Waals surface area contributed by atoms with E-state index in [1.165, 1.54) is 12.4 Å². The lowest BCUT2D eigenvalue weighted by Gasteiger charge is -2.39. The van der Waals surface area contributed by atoms with E-state index >= 15 is 0 Å². The maximum Gasteiger partial charge on any atom is 0.406 e. The zero-order valence-corrected chi connectivity index (χ0v) is 15.4. The predicted octanol–water partition coefficient (Wildman–Crippen LogP) is 2.30. The minimum Gasteiger partial charge on any atom is -0.349 e. The van der Waals surface area contributed by atoms with Crippen molar-refractivity contribution in [3.05, 3.63) is 36.9 Å². The SMILES string of the molecule is CN=C(NCc1nccn1CC(F)(F)F)N1CCC(C)C(n2ccnc2)C1. The molecule has 0 bridgehead atoms. The summed E-state index contributed by atoms with van der Waals surface area (Å²) in [5.74, 6) is 1.48. The molecule has 1 aliphatic rings. The molecule has 3 heterocycles. The summed E-state index contributed by atoms with van der Waals surface area (Å²) in [5.41, 5.74) is 0. The Morgan fingerprint density at radius 1 is 1.33 bits per heavy atom. The van der Waals surface area contributed by atoms with E-state index in [0.717, 1.165) is 24.1 Å². The quantitative estimate of drug-likeness (QED) is 0.650. The van der Waals surface area contributed by atoms with Crippen molar-refractivity contribution in [1.29, 1.82) is 0 Å². The standard InChI is InChI=1S/C17H24F3N7/c1-13-3-6-25(10-14(13)27-7-4-22-12-27)16(21-2)24-9-15-23-5-8-26(15)11-17(18,19)20/h4-5,7-8,12-14H,3,6,9-11H2,1-2H3,(H,21,24). The van der Waals surface area contributed by atoms with E-state index in [2.05, 4.69) is 36.7 Å². The molecule has 10 heteroatoms. The third kappa shape index (κ3) is 4.81. The summed E-state index contributed by atoms with van der Waals surface area (Å²) in [6, 6.07) is 0.270. The largest absolute Gasteiger partial charge is 0.406 e. The normalized spacial score (nSPS) is 21.5. The Balaban J connectivity index is 1.64. The van der Waals surface area contributed by atoms with Gasteiger partial charge < -0.3 is 19.4 Å². The Morgan fingerprint density at radius 2 is 2.15 bits per heavy atom. The number of guanidine groups is 1. The first kappa shape index (κ1) is 19.2. The van der Waals surface area contributed by atoms with Gasteiger partial charge in [0.25, 0.3) is 0 Å². The van der Waals surface area contributed by atoms with Crippen molar-refractivity contribution < 1.29 is 13.2 Å². The van der Waals surface area contributed by atoms with Gasteiger partial charge in [-0.25, -0.2) is 9.97 Å². The van der Waals surface area contributed by atoms with Gasteiger partial charge in [0.15, 0.2) is 5.96 Å². The maximum atomic E-state index is 12.7. The van der Waals surface area contributed by atoms with Gasteiger partial charge in [-0.15, -0.1) is 0 Å². The molecule has 148 valence electrons. The fourth-order valence-electron chi connectivity index (χ4n) is 3.43. The number of rotatable bonds is 4. The summed E-state index contributed by atoms with van der Waals surface area (Å²) in [5, 5.41) is 3.15. The highest BCUT2D eigenvalue weighted by Crippen LogP contribution is 2.27. The van der Waals surface area contributed by atoms with Crippen molar-refractivity contribution in [2.24, 2.45) is 10.9 Å². The molecule has 0 spiro atoms. The van der Waals surface area contributed by atoms with E-state index in [9.17, 15) is 13.2 Å². The lowest BCUT2D eigenvalue weighted by molar-refractivity contribution is -0.141. The molecule has 0 aliphatic carbocycles. The highest BCUT2D eigenvalue weighted by Gasteiger charge is 2.30. The number of alkyl halides is 3. The number of nitrogens with one attached hydrogen (secondary N) is 1. The average molecular weight is 383 g/mol. The van der Waals surface area contributed by atoms with Crippen molar-refractivity contribution in [3.63, 3.8) is 0 Å². The van der Waals surface area contributed by atoms with E-state index < -0.39 is 12.7 Å². The van der Waals surface area contributed by atoms with Gasteiger partial charge in [-0.3, -0.25) is 4.99 Å². The lowest BCUT2D eigenvalue weighted by atomic mass is 9.93. The molecule has 2 unspecified atom stereocenters. The molecule has 1 aliphatic heterocycles. The molecule has 1 fully saturated rings. The van der Waals surface area contributed by atoms with Crippen LogP contribution in [0.3, 0.4) is 0 Å². The first-order valence-corrected chi connectivity index (χ1v) is 8.87. The number of halogens is 3.